The van der Waals surface area contributed by atoms with E-state index >= 15 is 0 Å². The number of pyridine rings is 1. The molecule has 1 rings (SSSR count). The first kappa shape index (κ1) is 10.9. The van der Waals surface area contributed by atoms with E-state index in [1.54, 1.807) is 24.0 Å². The van der Waals surface area contributed by atoms with Crippen LogP contribution < -0.4 is 0 Å². The van der Waals surface area contributed by atoms with E-state index in [4.69, 9.17) is 11.6 Å². The van der Waals surface area contributed by atoms with Gasteiger partial charge in [-0.2, -0.15) is 0 Å². The minimum absolute atomic E-state index is 0.756. The highest BCUT2D eigenvalue weighted by atomic mass is 35.5. The molecule has 3 heteroatoms. The maximum atomic E-state index is 5.83. The second-order valence-electron chi connectivity index (χ2n) is 3.34. The Kier molecular flexibility index (Phi) is 4.60. The standard InChI is InChI=1S/C10H14ClNS/c1-8(2)4-6-13-10-7-9(11)3-5-12-10/h3,5,7-8H,4,6H2,1-2H3. The van der Waals surface area contributed by atoms with E-state index in [9.17, 15) is 0 Å². The van der Waals surface area contributed by atoms with Crippen molar-refractivity contribution in [2.24, 2.45) is 5.92 Å². The minimum atomic E-state index is 0.756. The van der Waals surface area contributed by atoms with Crippen molar-refractivity contribution in [2.75, 3.05) is 5.75 Å². The van der Waals surface area contributed by atoms with Gasteiger partial charge in [0.05, 0.1) is 5.03 Å². The molecule has 13 heavy (non-hydrogen) atoms. The molecule has 0 unspecified atom stereocenters. The van der Waals surface area contributed by atoms with Crippen LogP contribution in [0.5, 0.6) is 0 Å². The van der Waals surface area contributed by atoms with Gasteiger partial charge in [-0.1, -0.05) is 25.4 Å². The van der Waals surface area contributed by atoms with Crippen molar-refractivity contribution in [3.05, 3.63) is 23.4 Å². The van der Waals surface area contributed by atoms with Crippen LogP contribution >= 0.6 is 23.4 Å². The molecule has 0 aromatic carbocycles. The van der Waals surface area contributed by atoms with Gasteiger partial charge in [0, 0.05) is 11.2 Å². The molecule has 0 fully saturated rings. The van der Waals surface area contributed by atoms with Crippen LogP contribution in [0.25, 0.3) is 0 Å². The quantitative estimate of drug-likeness (QED) is 0.708. The van der Waals surface area contributed by atoms with Crippen LogP contribution in [0.1, 0.15) is 20.3 Å². The fourth-order valence-corrected chi connectivity index (χ4v) is 2.23. The monoisotopic (exact) mass is 215 g/mol. The van der Waals surface area contributed by atoms with Gasteiger partial charge < -0.3 is 0 Å². The van der Waals surface area contributed by atoms with Crippen molar-refractivity contribution in [3.8, 4) is 0 Å². The van der Waals surface area contributed by atoms with Gasteiger partial charge in [-0.15, -0.1) is 11.8 Å². The molecule has 0 amide bonds. The highest BCUT2D eigenvalue weighted by Gasteiger charge is 1.98. The Balaban J connectivity index is 2.37. The molecular formula is C10H14ClNS. The van der Waals surface area contributed by atoms with E-state index in [0.717, 1.165) is 21.7 Å². The fourth-order valence-electron chi connectivity index (χ4n) is 0.863. The summed E-state index contributed by atoms with van der Waals surface area (Å²) in [6, 6.07) is 3.71. The number of hydrogen-bond acceptors (Lipinski definition) is 2. The Bertz CT molecular complexity index is 263. The summed E-state index contributed by atoms with van der Waals surface area (Å²) in [6.45, 7) is 4.46. The highest BCUT2D eigenvalue weighted by molar-refractivity contribution is 7.99. The Labute approximate surface area is 88.9 Å². The molecule has 0 spiro atoms. The molecular weight excluding hydrogens is 202 g/mol. The smallest absolute Gasteiger partial charge is 0.0974 e. The minimum Gasteiger partial charge on any atom is -0.250 e. The number of aromatic nitrogens is 1. The zero-order valence-corrected chi connectivity index (χ0v) is 9.53. The predicted octanol–water partition coefficient (Wildman–Crippen LogP) is 3.87. The van der Waals surface area contributed by atoms with Crippen LogP contribution in [0.3, 0.4) is 0 Å². The SMILES string of the molecule is CC(C)CCSc1cc(Cl)ccn1. The van der Waals surface area contributed by atoms with E-state index < -0.39 is 0 Å². The molecule has 1 heterocycles. The van der Waals surface area contributed by atoms with Crippen LogP contribution in [0.15, 0.2) is 23.4 Å². The number of rotatable bonds is 4. The zero-order valence-electron chi connectivity index (χ0n) is 7.96. The third-order valence-electron chi connectivity index (χ3n) is 1.64. The lowest BCUT2D eigenvalue weighted by Crippen LogP contribution is -1.90. The Hall–Kier alpha value is -0.210. The first-order chi connectivity index (χ1) is 6.18. The van der Waals surface area contributed by atoms with Crippen molar-refractivity contribution < 1.29 is 0 Å². The molecule has 0 bridgehead atoms. The molecule has 1 nitrogen and oxygen atoms in total. The largest absolute Gasteiger partial charge is 0.250 e. The summed E-state index contributed by atoms with van der Waals surface area (Å²) < 4.78 is 0. The van der Waals surface area contributed by atoms with Crippen LogP contribution in [0.2, 0.25) is 5.02 Å². The van der Waals surface area contributed by atoms with Crippen molar-refractivity contribution in [2.45, 2.75) is 25.3 Å². The maximum absolute atomic E-state index is 5.83. The third-order valence-corrected chi connectivity index (χ3v) is 2.84. The number of hydrogen-bond donors (Lipinski definition) is 0. The molecule has 0 atom stereocenters. The molecule has 72 valence electrons. The average Bonchev–Trinajstić information content (AvgIpc) is 2.03. The fraction of sp³-hybridized carbons (Fsp3) is 0.500. The average molecular weight is 216 g/mol. The topological polar surface area (TPSA) is 12.9 Å². The van der Waals surface area contributed by atoms with Crippen LogP contribution in [0.4, 0.5) is 0 Å². The summed E-state index contributed by atoms with van der Waals surface area (Å²) >= 11 is 7.60. The van der Waals surface area contributed by atoms with Gasteiger partial charge in [0.15, 0.2) is 0 Å². The van der Waals surface area contributed by atoms with E-state index in [-0.39, 0.29) is 0 Å². The van der Waals surface area contributed by atoms with E-state index in [1.807, 2.05) is 6.07 Å². The van der Waals surface area contributed by atoms with Gasteiger partial charge in [0.2, 0.25) is 0 Å². The normalized spacial score (nSPS) is 10.8. The van der Waals surface area contributed by atoms with Crippen molar-refractivity contribution in [1.82, 2.24) is 4.98 Å². The first-order valence-corrected chi connectivity index (χ1v) is 5.79. The molecule has 0 saturated heterocycles. The molecule has 1 aromatic heterocycles. The van der Waals surface area contributed by atoms with E-state index in [1.165, 1.54) is 6.42 Å². The van der Waals surface area contributed by atoms with Crippen LogP contribution in [-0.4, -0.2) is 10.7 Å². The molecule has 0 aliphatic heterocycles. The predicted molar refractivity (Wildman–Crippen MR) is 59.4 cm³/mol. The second kappa shape index (κ2) is 5.51. The van der Waals surface area contributed by atoms with E-state index in [0.29, 0.717) is 0 Å². The van der Waals surface area contributed by atoms with Crippen molar-refractivity contribution in [3.63, 3.8) is 0 Å². The van der Waals surface area contributed by atoms with Gasteiger partial charge in [0.1, 0.15) is 0 Å². The summed E-state index contributed by atoms with van der Waals surface area (Å²) in [5.41, 5.74) is 0. The van der Waals surface area contributed by atoms with Gasteiger partial charge in [-0.3, -0.25) is 0 Å². The Morgan fingerprint density at radius 1 is 1.54 bits per heavy atom. The number of nitrogens with zero attached hydrogens (tertiary/aromatic N) is 1. The second-order valence-corrected chi connectivity index (χ2v) is 4.89. The lowest BCUT2D eigenvalue weighted by Gasteiger charge is -2.03. The lowest BCUT2D eigenvalue weighted by atomic mass is 10.2. The molecule has 0 radical (unpaired) electrons. The lowest BCUT2D eigenvalue weighted by molar-refractivity contribution is 0.632. The zero-order chi connectivity index (χ0) is 9.68. The van der Waals surface area contributed by atoms with Crippen LogP contribution in [0, 0.1) is 5.92 Å². The van der Waals surface area contributed by atoms with Crippen molar-refractivity contribution >= 4 is 23.4 Å². The molecule has 0 saturated carbocycles. The van der Waals surface area contributed by atoms with Gasteiger partial charge in [-0.25, -0.2) is 4.98 Å². The Morgan fingerprint density at radius 3 is 2.92 bits per heavy atom. The van der Waals surface area contributed by atoms with Gasteiger partial charge in [0.25, 0.3) is 0 Å². The summed E-state index contributed by atoms with van der Waals surface area (Å²) in [7, 11) is 0. The Morgan fingerprint density at radius 2 is 2.31 bits per heavy atom. The van der Waals surface area contributed by atoms with Gasteiger partial charge >= 0.3 is 0 Å². The molecule has 0 aliphatic rings. The molecule has 0 N–H and O–H groups in total. The summed E-state index contributed by atoms with van der Waals surface area (Å²) in [6.07, 6.45) is 2.97. The highest BCUT2D eigenvalue weighted by Crippen LogP contribution is 2.20. The summed E-state index contributed by atoms with van der Waals surface area (Å²) in [5.74, 6) is 1.87. The first-order valence-electron chi connectivity index (χ1n) is 4.43. The summed E-state index contributed by atoms with van der Waals surface area (Å²) in [5, 5.41) is 1.79. The molecule has 0 aliphatic carbocycles. The van der Waals surface area contributed by atoms with Gasteiger partial charge in [-0.05, 0) is 30.2 Å². The maximum Gasteiger partial charge on any atom is 0.0974 e. The number of thioether (sulfide) groups is 1. The van der Waals surface area contributed by atoms with E-state index in [2.05, 4.69) is 18.8 Å². The molecule has 1 aromatic rings. The number of halogens is 1. The van der Waals surface area contributed by atoms with Crippen molar-refractivity contribution in [1.29, 1.82) is 0 Å². The summed E-state index contributed by atoms with van der Waals surface area (Å²) in [4.78, 5) is 4.21. The van der Waals surface area contributed by atoms with Crippen LogP contribution in [-0.2, 0) is 0 Å². The third kappa shape index (κ3) is 4.53.